The number of aliphatic imine (C=N–C) groups is 1. The zero-order chi connectivity index (χ0) is 12.1. The molecule has 1 unspecified atom stereocenters. The quantitative estimate of drug-likeness (QED) is 0.211. The molecule has 1 aliphatic heterocycles. The monoisotopic (exact) mass is 343 g/mol. The number of rotatable bonds is 3. The van der Waals surface area contributed by atoms with Gasteiger partial charge in [-0.05, 0) is 22.8 Å². The van der Waals surface area contributed by atoms with Gasteiger partial charge in [0.1, 0.15) is 9.80 Å². The highest BCUT2D eigenvalue weighted by atomic mass is 127. The van der Waals surface area contributed by atoms with Crippen molar-refractivity contribution in [3.63, 3.8) is 0 Å². The maximum absolute atomic E-state index is 8.42. The van der Waals surface area contributed by atoms with Crippen molar-refractivity contribution in [2.24, 2.45) is 10.1 Å². The number of azide groups is 1. The highest BCUT2D eigenvalue weighted by Gasteiger charge is 2.22. The van der Waals surface area contributed by atoms with E-state index in [-0.39, 0.29) is 4.05 Å². The number of guanidine groups is 1. The number of benzene rings is 1. The van der Waals surface area contributed by atoms with Gasteiger partial charge >= 0.3 is 0 Å². The van der Waals surface area contributed by atoms with Gasteiger partial charge in [0.25, 0.3) is 0 Å². The van der Waals surface area contributed by atoms with Gasteiger partial charge in [0.05, 0.1) is 6.54 Å². The number of hydrogen-bond acceptors (Lipinski definition) is 4. The maximum Gasteiger partial charge on any atom is 0.191 e. The summed E-state index contributed by atoms with van der Waals surface area (Å²) in [7, 11) is 0. The summed E-state index contributed by atoms with van der Waals surface area (Å²) >= 11 is 2.19. The van der Waals surface area contributed by atoms with Crippen molar-refractivity contribution < 1.29 is 4.74 Å². The molecular formula is C10H10IN5O. The van der Waals surface area contributed by atoms with Crippen molar-refractivity contribution >= 4 is 28.6 Å². The van der Waals surface area contributed by atoms with Crippen LogP contribution in [0.5, 0.6) is 5.75 Å². The molecule has 0 saturated heterocycles. The molecule has 0 saturated carbocycles. The molecule has 1 heterocycles. The largest absolute Gasteiger partial charge is 0.473 e. The van der Waals surface area contributed by atoms with Gasteiger partial charge < -0.3 is 9.64 Å². The van der Waals surface area contributed by atoms with E-state index in [2.05, 4.69) is 37.6 Å². The molecule has 17 heavy (non-hydrogen) atoms. The molecule has 0 bridgehead atoms. The van der Waals surface area contributed by atoms with Crippen LogP contribution in [0, 0.1) is 0 Å². The third kappa shape index (κ3) is 3.24. The second-order valence-electron chi connectivity index (χ2n) is 3.36. The topological polar surface area (TPSA) is 73.6 Å². The van der Waals surface area contributed by atoms with Crippen LogP contribution in [-0.4, -0.2) is 28.2 Å². The van der Waals surface area contributed by atoms with Crippen LogP contribution in [0.4, 0.5) is 0 Å². The molecule has 2 rings (SSSR count). The summed E-state index contributed by atoms with van der Waals surface area (Å²) in [5.41, 5.74) is 8.42. The van der Waals surface area contributed by atoms with Crippen LogP contribution in [0.25, 0.3) is 10.4 Å². The lowest BCUT2D eigenvalue weighted by atomic mass is 10.3. The first-order valence-corrected chi connectivity index (χ1v) is 6.24. The van der Waals surface area contributed by atoms with Crippen molar-refractivity contribution in [1.82, 2.24) is 4.90 Å². The Bertz CT molecular complexity index is 457. The average Bonchev–Trinajstić information content (AvgIpc) is 2.69. The van der Waals surface area contributed by atoms with Gasteiger partial charge in [0.2, 0.25) is 0 Å². The summed E-state index contributed by atoms with van der Waals surface area (Å²) in [5.74, 6) is 1.17. The third-order valence-electron chi connectivity index (χ3n) is 2.17. The zero-order valence-corrected chi connectivity index (χ0v) is 11.1. The number of hydrogen-bond donors (Lipinski definition) is 0. The maximum atomic E-state index is 8.42. The Morgan fingerprint density at radius 1 is 1.53 bits per heavy atom. The lowest BCUT2D eigenvalue weighted by Gasteiger charge is -2.18. The van der Waals surface area contributed by atoms with Gasteiger partial charge in [0, 0.05) is 4.91 Å². The Balaban J connectivity index is 1.96. The van der Waals surface area contributed by atoms with Crippen LogP contribution < -0.4 is 4.74 Å². The summed E-state index contributed by atoms with van der Waals surface area (Å²) in [4.78, 5) is 8.76. The van der Waals surface area contributed by atoms with Crippen molar-refractivity contribution in [2.75, 3.05) is 13.3 Å². The van der Waals surface area contributed by atoms with Gasteiger partial charge in [0.15, 0.2) is 12.7 Å². The van der Waals surface area contributed by atoms with Crippen LogP contribution in [0.1, 0.15) is 0 Å². The number of nitrogens with zero attached hydrogens (tertiary/aromatic N) is 5. The number of halogens is 1. The fourth-order valence-corrected chi connectivity index (χ4v) is 2.14. The van der Waals surface area contributed by atoms with E-state index >= 15 is 0 Å². The van der Waals surface area contributed by atoms with Crippen molar-refractivity contribution in [2.45, 2.75) is 4.05 Å². The lowest BCUT2D eigenvalue weighted by Crippen LogP contribution is -2.31. The summed E-state index contributed by atoms with van der Waals surface area (Å²) < 4.78 is 5.68. The Labute approximate surface area is 112 Å². The standard InChI is InChI=1S/C10H10IN5O/c11-9-6-16(10(13-9)14-15-12)7-17-8-4-2-1-3-5-8/h1-5,9H,6-7H2. The third-order valence-corrected chi connectivity index (χ3v) is 2.85. The Hall–Kier alpha value is -1.47. The molecule has 0 amide bonds. The second kappa shape index (κ2) is 5.74. The molecule has 1 aliphatic rings. The minimum absolute atomic E-state index is 0.104. The first kappa shape index (κ1) is 12.0. The summed E-state index contributed by atoms with van der Waals surface area (Å²) in [6, 6.07) is 9.49. The summed E-state index contributed by atoms with van der Waals surface area (Å²) in [5, 5.41) is 3.54. The summed E-state index contributed by atoms with van der Waals surface area (Å²) in [6.07, 6.45) is 0. The molecule has 1 aromatic rings. The first-order chi connectivity index (χ1) is 8.29. The molecule has 1 atom stereocenters. The zero-order valence-electron chi connectivity index (χ0n) is 8.90. The first-order valence-electron chi connectivity index (χ1n) is 4.99. The van der Waals surface area contributed by atoms with E-state index in [9.17, 15) is 0 Å². The molecule has 6 nitrogen and oxygen atoms in total. The van der Waals surface area contributed by atoms with Crippen molar-refractivity contribution in [3.8, 4) is 5.75 Å². The van der Waals surface area contributed by atoms with Gasteiger partial charge in [-0.15, -0.1) is 0 Å². The van der Waals surface area contributed by atoms with Crippen molar-refractivity contribution in [3.05, 3.63) is 40.8 Å². The van der Waals surface area contributed by atoms with E-state index in [1.54, 1.807) is 0 Å². The van der Waals surface area contributed by atoms with Gasteiger partial charge in [-0.1, -0.05) is 40.8 Å². The predicted octanol–water partition coefficient (Wildman–Crippen LogP) is 2.77. The van der Waals surface area contributed by atoms with Crippen molar-refractivity contribution in [1.29, 1.82) is 0 Å². The Morgan fingerprint density at radius 3 is 3.00 bits per heavy atom. The Morgan fingerprint density at radius 2 is 2.29 bits per heavy atom. The van der Waals surface area contributed by atoms with Crippen LogP contribution in [0.2, 0.25) is 0 Å². The van der Waals surface area contributed by atoms with Crippen LogP contribution in [0.15, 0.2) is 40.4 Å². The lowest BCUT2D eigenvalue weighted by molar-refractivity contribution is 0.200. The molecule has 0 aromatic heterocycles. The SMILES string of the molecule is [N-]=[N+]=NC1=NC(I)CN1COc1ccccc1. The van der Waals surface area contributed by atoms with E-state index < -0.39 is 0 Å². The van der Waals surface area contributed by atoms with Gasteiger partial charge in [-0.2, -0.15) is 0 Å². The van der Waals surface area contributed by atoms with Crippen LogP contribution >= 0.6 is 22.6 Å². The van der Waals surface area contributed by atoms with Crippen LogP contribution in [0.3, 0.4) is 0 Å². The molecule has 1 aromatic carbocycles. The minimum Gasteiger partial charge on any atom is -0.473 e. The van der Waals surface area contributed by atoms with Crippen LogP contribution in [-0.2, 0) is 0 Å². The second-order valence-corrected chi connectivity index (χ2v) is 4.80. The number of para-hydroxylation sites is 1. The van der Waals surface area contributed by atoms with E-state index in [1.165, 1.54) is 0 Å². The molecule has 88 valence electrons. The van der Waals surface area contributed by atoms with Gasteiger partial charge in [-0.3, -0.25) is 4.99 Å². The fraction of sp³-hybridized carbons (Fsp3) is 0.300. The van der Waals surface area contributed by atoms with E-state index in [1.807, 2.05) is 35.2 Å². The molecular weight excluding hydrogens is 333 g/mol. The molecule has 0 aliphatic carbocycles. The molecule has 7 heteroatoms. The highest BCUT2D eigenvalue weighted by molar-refractivity contribution is 14.1. The predicted molar refractivity (Wildman–Crippen MR) is 73.0 cm³/mol. The fourth-order valence-electron chi connectivity index (χ4n) is 1.42. The molecule has 0 spiro atoms. The van der Waals surface area contributed by atoms with E-state index in [0.29, 0.717) is 19.2 Å². The van der Waals surface area contributed by atoms with E-state index in [4.69, 9.17) is 10.3 Å². The molecule has 0 fully saturated rings. The number of ether oxygens (including phenoxy) is 1. The van der Waals surface area contributed by atoms with Gasteiger partial charge in [-0.25, -0.2) is 0 Å². The highest BCUT2D eigenvalue weighted by Crippen LogP contribution is 2.17. The molecule has 0 radical (unpaired) electrons. The van der Waals surface area contributed by atoms with E-state index in [0.717, 1.165) is 5.75 Å². The summed E-state index contributed by atoms with van der Waals surface area (Å²) in [6.45, 7) is 1.03. The minimum atomic E-state index is 0.104. The Kier molecular flexibility index (Phi) is 4.05. The smallest absolute Gasteiger partial charge is 0.191 e. The number of alkyl halides is 1. The molecule has 0 N–H and O–H groups in total. The average molecular weight is 343 g/mol. The normalized spacial score (nSPS) is 18.5.